The average Bonchev–Trinajstić information content (AvgIpc) is 2.86. The quantitative estimate of drug-likeness (QED) is 0.247. The van der Waals surface area contributed by atoms with E-state index in [2.05, 4.69) is 87.3 Å². The summed E-state index contributed by atoms with van der Waals surface area (Å²) in [4.78, 5) is 0. The molecule has 34 heavy (non-hydrogen) atoms. The van der Waals surface area contributed by atoms with Crippen molar-refractivity contribution in [2.45, 2.75) is 26.2 Å². The van der Waals surface area contributed by atoms with Crippen LogP contribution in [-0.4, -0.2) is 36.6 Å². The van der Waals surface area contributed by atoms with Crippen molar-refractivity contribution in [3.05, 3.63) is 92.4 Å². The van der Waals surface area contributed by atoms with Gasteiger partial charge in [-0.15, -0.1) is 0 Å². The molecule has 0 saturated carbocycles. The van der Waals surface area contributed by atoms with Crippen LogP contribution in [0.4, 0.5) is 0 Å². The van der Waals surface area contributed by atoms with E-state index in [0.29, 0.717) is 13.2 Å². The number of hydrogen-bond acceptors (Lipinski definition) is 4. The van der Waals surface area contributed by atoms with E-state index in [9.17, 15) is 10.2 Å². The second kappa shape index (κ2) is 12.2. The number of ether oxygens (including phenoxy) is 2. The number of hydrogen-bond donors (Lipinski definition) is 2. The Kier molecular flexibility index (Phi) is 9.60. The van der Waals surface area contributed by atoms with Gasteiger partial charge in [0.15, 0.2) is 0 Å². The topological polar surface area (TPSA) is 58.9 Å². The van der Waals surface area contributed by atoms with Gasteiger partial charge in [-0.1, -0.05) is 56.3 Å². The first-order valence-electron chi connectivity index (χ1n) is 11.4. The summed E-state index contributed by atoms with van der Waals surface area (Å²) in [6.07, 6.45) is 0. The predicted octanol–water partition coefficient (Wildman–Crippen LogP) is 6.58. The van der Waals surface area contributed by atoms with Gasteiger partial charge < -0.3 is 19.7 Å². The van der Waals surface area contributed by atoms with E-state index < -0.39 is 5.41 Å². The van der Waals surface area contributed by atoms with Gasteiger partial charge >= 0.3 is 0 Å². The lowest BCUT2D eigenvalue weighted by Gasteiger charge is -2.33. The first-order valence-corrected chi connectivity index (χ1v) is 13.0. The molecule has 2 N–H and O–H groups in total. The normalized spacial score (nSPS) is 14.8. The first kappa shape index (κ1) is 26.7. The summed E-state index contributed by atoms with van der Waals surface area (Å²) in [5, 5.41) is 18.6. The molecule has 3 aromatic carbocycles. The third kappa shape index (κ3) is 6.22. The van der Waals surface area contributed by atoms with Crippen molar-refractivity contribution in [1.29, 1.82) is 0 Å². The Bertz CT molecular complexity index is 1010. The van der Waals surface area contributed by atoms with Crippen LogP contribution in [0.15, 0.2) is 75.7 Å². The van der Waals surface area contributed by atoms with E-state index in [-0.39, 0.29) is 25.0 Å². The van der Waals surface area contributed by atoms with Crippen molar-refractivity contribution in [3.63, 3.8) is 0 Å². The highest BCUT2D eigenvalue weighted by Gasteiger charge is 2.32. The van der Waals surface area contributed by atoms with Crippen LogP contribution in [0.2, 0.25) is 0 Å². The van der Waals surface area contributed by atoms with Gasteiger partial charge in [0.1, 0.15) is 11.5 Å². The van der Waals surface area contributed by atoms with E-state index in [4.69, 9.17) is 9.47 Å². The van der Waals surface area contributed by atoms with Crippen molar-refractivity contribution in [2.24, 2.45) is 11.8 Å². The number of benzene rings is 3. The first-order chi connectivity index (χ1) is 16.3. The van der Waals surface area contributed by atoms with Crippen LogP contribution in [0.25, 0.3) is 0 Å². The molecule has 0 spiro atoms. The molecule has 0 heterocycles. The third-order valence-electron chi connectivity index (χ3n) is 6.04. The highest BCUT2D eigenvalue weighted by molar-refractivity contribution is 9.10. The highest BCUT2D eigenvalue weighted by Crippen LogP contribution is 2.43. The number of halogens is 2. The lowest BCUT2D eigenvalue weighted by molar-refractivity contribution is 0.173. The molecule has 0 aliphatic carbocycles. The van der Waals surface area contributed by atoms with Crippen LogP contribution < -0.4 is 9.47 Å². The molecule has 0 aromatic heterocycles. The maximum atomic E-state index is 9.28. The second-order valence-electron chi connectivity index (χ2n) is 8.98. The van der Waals surface area contributed by atoms with E-state index in [0.717, 1.165) is 31.6 Å². The summed E-state index contributed by atoms with van der Waals surface area (Å²) >= 11 is 7.37. The van der Waals surface area contributed by atoms with Gasteiger partial charge in [0.25, 0.3) is 0 Å². The van der Waals surface area contributed by atoms with Crippen molar-refractivity contribution >= 4 is 31.9 Å². The van der Waals surface area contributed by atoms with Crippen LogP contribution in [-0.2, 0) is 5.41 Å². The zero-order chi connectivity index (χ0) is 24.7. The van der Waals surface area contributed by atoms with Crippen molar-refractivity contribution in [2.75, 3.05) is 26.4 Å². The third-order valence-corrected chi connectivity index (χ3v) is 7.28. The van der Waals surface area contributed by atoms with E-state index >= 15 is 0 Å². The van der Waals surface area contributed by atoms with Crippen molar-refractivity contribution in [1.82, 2.24) is 0 Å². The number of rotatable bonds is 11. The summed E-state index contributed by atoms with van der Waals surface area (Å²) in [5.41, 5.74) is 2.96. The standard InChI is InChI=1S/C28H32Br2O4/c1-19(15-31)17-33-26-11-9-22(13-24(26)29)28(3,21-7-5-4-6-8-21)23-10-12-27(25(30)14-23)34-18-20(2)16-32/h4-14,19-20,31-32H,15-18H2,1-3H3. The summed E-state index contributed by atoms with van der Waals surface area (Å²) in [6.45, 7) is 7.20. The SMILES string of the molecule is CC(CO)COc1ccc(C(C)(c2ccccc2)c2ccc(OCC(C)CO)c(Br)c2)cc1Br. The maximum Gasteiger partial charge on any atom is 0.133 e. The largest absolute Gasteiger partial charge is 0.492 e. The molecule has 2 unspecified atom stereocenters. The monoisotopic (exact) mass is 590 g/mol. The molecule has 3 rings (SSSR count). The van der Waals surface area contributed by atoms with Gasteiger partial charge in [0, 0.05) is 30.5 Å². The van der Waals surface area contributed by atoms with Crippen LogP contribution in [0.5, 0.6) is 11.5 Å². The molecule has 0 fully saturated rings. The summed E-state index contributed by atoms with van der Waals surface area (Å²) in [6, 6.07) is 22.8. The molecule has 2 atom stereocenters. The van der Waals surface area contributed by atoms with Gasteiger partial charge in [-0.05, 0) is 79.7 Å². The van der Waals surface area contributed by atoms with Crippen molar-refractivity contribution < 1.29 is 19.7 Å². The van der Waals surface area contributed by atoms with E-state index in [1.54, 1.807) is 0 Å². The van der Waals surface area contributed by atoms with Gasteiger partial charge in [0.05, 0.1) is 22.2 Å². The molecule has 3 aromatic rings. The Morgan fingerprint density at radius 2 is 1.15 bits per heavy atom. The van der Waals surface area contributed by atoms with Crippen LogP contribution in [0, 0.1) is 11.8 Å². The van der Waals surface area contributed by atoms with Gasteiger partial charge in [-0.3, -0.25) is 0 Å². The Hall–Kier alpha value is -1.86. The Labute approximate surface area is 219 Å². The minimum atomic E-state index is -0.430. The fourth-order valence-corrected chi connectivity index (χ4v) is 4.69. The highest BCUT2D eigenvalue weighted by atomic mass is 79.9. The molecule has 0 bridgehead atoms. The van der Waals surface area contributed by atoms with E-state index in [1.165, 1.54) is 5.56 Å². The molecule has 0 aliphatic heterocycles. The zero-order valence-corrected chi connectivity index (χ0v) is 23.0. The molecule has 0 aliphatic rings. The minimum Gasteiger partial charge on any atom is -0.492 e. The molecule has 4 nitrogen and oxygen atoms in total. The second-order valence-corrected chi connectivity index (χ2v) is 10.7. The summed E-state index contributed by atoms with van der Waals surface area (Å²) in [5.74, 6) is 1.64. The fraction of sp³-hybridized carbons (Fsp3) is 0.357. The molecule has 0 amide bonds. The Morgan fingerprint density at radius 1 is 0.706 bits per heavy atom. The maximum absolute atomic E-state index is 9.28. The predicted molar refractivity (Wildman–Crippen MR) is 144 cm³/mol. The van der Waals surface area contributed by atoms with Gasteiger partial charge in [-0.2, -0.15) is 0 Å². The van der Waals surface area contributed by atoms with Crippen LogP contribution in [0.1, 0.15) is 37.5 Å². The molecule has 6 heteroatoms. The number of aliphatic hydroxyl groups excluding tert-OH is 2. The van der Waals surface area contributed by atoms with Crippen LogP contribution >= 0.6 is 31.9 Å². The smallest absolute Gasteiger partial charge is 0.133 e. The van der Waals surface area contributed by atoms with Gasteiger partial charge in [-0.25, -0.2) is 0 Å². The Morgan fingerprint density at radius 3 is 1.53 bits per heavy atom. The minimum absolute atomic E-state index is 0.0691. The molecule has 182 valence electrons. The summed E-state index contributed by atoms with van der Waals surface area (Å²) in [7, 11) is 0. The summed E-state index contributed by atoms with van der Waals surface area (Å²) < 4.78 is 13.6. The van der Waals surface area contributed by atoms with Crippen molar-refractivity contribution in [3.8, 4) is 11.5 Å². The Balaban J connectivity index is 2.00. The fourth-order valence-electron chi connectivity index (χ4n) is 3.70. The molecular formula is C28H32Br2O4. The molecule has 0 saturated heterocycles. The molecular weight excluding hydrogens is 560 g/mol. The van der Waals surface area contributed by atoms with E-state index in [1.807, 2.05) is 32.0 Å². The van der Waals surface area contributed by atoms with Crippen LogP contribution in [0.3, 0.4) is 0 Å². The average molecular weight is 592 g/mol. The molecule has 0 radical (unpaired) electrons. The zero-order valence-electron chi connectivity index (χ0n) is 19.8. The lowest BCUT2D eigenvalue weighted by Crippen LogP contribution is -2.25. The van der Waals surface area contributed by atoms with Gasteiger partial charge in [0.2, 0.25) is 0 Å². The lowest BCUT2D eigenvalue weighted by atomic mass is 9.71. The number of aliphatic hydroxyl groups is 2.